The third kappa shape index (κ3) is 5.99. The van der Waals surface area contributed by atoms with E-state index in [9.17, 15) is 9.59 Å². The zero-order valence-corrected chi connectivity index (χ0v) is 15.9. The Kier molecular flexibility index (Phi) is 7.78. The van der Waals surface area contributed by atoms with Gasteiger partial charge in [0.15, 0.2) is 6.29 Å². The van der Waals surface area contributed by atoms with Crippen molar-refractivity contribution in [2.75, 3.05) is 19.0 Å². The topological polar surface area (TPSA) is 75.6 Å². The average molecular weight is 377 g/mol. The first kappa shape index (κ1) is 20.7. The highest BCUT2D eigenvalue weighted by atomic mass is 16.5. The number of carboxylic acid groups (broad SMARTS) is 1. The van der Waals surface area contributed by atoms with Crippen LogP contribution in [0.2, 0.25) is 0 Å². The van der Waals surface area contributed by atoms with Crippen LogP contribution in [-0.2, 0) is 4.79 Å². The van der Waals surface area contributed by atoms with Gasteiger partial charge in [0.1, 0.15) is 12.4 Å². The Bertz CT molecular complexity index is 920. The van der Waals surface area contributed by atoms with E-state index in [1.807, 2.05) is 42.5 Å². The number of rotatable bonds is 6. The van der Waals surface area contributed by atoms with Crippen LogP contribution >= 0.6 is 0 Å². The van der Waals surface area contributed by atoms with Crippen LogP contribution in [0.25, 0.3) is 11.1 Å². The predicted octanol–water partition coefficient (Wildman–Crippen LogP) is 4.67. The molecule has 0 radical (unpaired) electrons. The van der Waals surface area contributed by atoms with Gasteiger partial charge in [-0.3, -0.25) is 4.79 Å². The van der Waals surface area contributed by atoms with Crippen LogP contribution < -0.4 is 10.1 Å². The molecule has 5 heteroatoms. The number of aldehydes is 1. The molecule has 0 amide bonds. The zero-order chi connectivity index (χ0) is 20.4. The molecule has 0 heterocycles. The Hall–Kier alpha value is -3.60. The summed E-state index contributed by atoms with van der Waals surface area (Å²) in [6.07, 6.45) is 0.745. The predicted molar refractivity (Wildman–Crippen MR) is 111 cm³/mol. The molecule has 0 aliphatic carbocycles. The fourth-order valence-electron chi connectivity index (χ4n) is 2.57. The Morgan fingerprint density at radius 2 is 1.75 bits per heavy atom. The lowest BCUT2D eigenvalue weighted by molar-refractivity contribution is -0.109. The third-order valence-electron chi connectivity index (χ3n) is 4.03. The van der Waals surface area contributed by atoms with E-state index in [1.165, 1.54) is 11.1 Å². The summed E-state index contributed by atoms with van der Waals surface area (Å²) in [6.45, 7) is 2.19. The fraction of sp³-hybridized carbons (Fsp3) is 0.130. The quantitative estimate of drug-likeness (QED) is 0.611. The molecule has 28 heavy (non-hydrogen) atoms. The summed E-state index contributed by atoms with van der Waals surface area (Å²) in [5, 5.41) is 11.4. The monoisotopic (exact) mass is 377 g/mol. The number of hydrogen-bond acceptors (Lipinski definition) is 4. The van der Waals surface area contributed by atoms with E-state index in [1.54, 1.807) is 25.2 Å². The van der Waals surface area contributed by atoms with E-state index in [2.05, 4.69) is 24.4 Å². The van der Waals surface area contributed by atoms with E-state index in [-0.39, 0.29) is 6.61 Å². The molecule has 3 aromatic rings. The minimum absolute atomic E-state index is 0.101. The van der Waals surface area contributed by atoms with Crippen LogP contribution in [0, 0.1) is 6.92 Å². The molecule has 5 nitrogen and oxygen atoms in total. The molecular weight excluding hydrogens is 354 g/mol. The highest BCUT2D eigenvalue weighted by Crippen LogP contribution is 2.25. The normalized spacial score (nSPS) is 9.64. The van der Waals surface area contributed by atoms with Gasteiger partial charge in [-0.2, -0.15) is 0 Å². The van der Waals surface area contributed by atoms with Crippen molar-refractivity contribution in [2.24, 2.45) is 0 Å². The van der Waals surface area contributed by atoms with Crippen LogP contribution in [-0.4, -0.2) is 31.0 Å². The number of carbonyl (C=O) groups excluding carboxylic acids is 1. The van der Waals surface area contributed by atoms with Gasteiger partial charge in [-0.15, -0.1) is 0 Å². The number of hydrogen-bond donors (Lipinski definition) is 2. The molecule has 2 N–H and O–H groups in total. The Labute approximate surface area is 164 Å². The first-order valence-electron chi connectivity index (χ1n) is 8.78. The molecule has 0 bridgehead atoms. The van der Waals surface area contributed by atoms with Crippen LogP contribution in [0.1, 0.15) is 15.9 Å². The highest BCUT2D eigenvalue weighted by Gasteiger charge is 2.01. The average Bonchev–Trinajstić information content (AvgIpc) is 2.73. The van der Waals surface area contributed by atoms with Crippen molar-refractivity contribution in [3.05, 3.63) is 83.9 Å². The van der Waals surface area contributed by atoms with Crippen molar-refractivity contribution in [1.82, 2.24) is 0 Å². The molecule has 0 aliphatic rings. The summed E-state index contributed by atoms with van der Waals surface area (Å²) < 4.78 is 5.21. The molecule has 0 fully saturated rings. The summed E-state index contributed by atoms with van der Waals surface area (Å²) in [5.74, 6) is -0.184. The van der Waals surface area contributed by atoms with E-state index < -0.39 is 5.97 Å². The molecule has 0 aliphatic heterocycles. The van der Waals surface area contributed by atoms with Gasteiger partial charge in [-0.05, 0) is 53.9 Å². The van der Waals surface area contributed by atoms with Gasteiger partial charge in [-0.25, -0.2) is 4.79 Å². The maximum atomic E-state index is 10.4. The number of anilines is 1. The smallest absolute Gasteiger partial charge is 0.335 e. The van der Waals surface area contributed by atoms with Crippen LogP contribution in [0.5, 0.6) is 5.75 Å². The minimum atomic E-state index is -0.901. The molecular formula is C23H23NO4. The first-order chi connectivity index (χ1) is 13.5. The fourth-order valence-corrected chi connectivity index (χ4v) is 2.57. The zero-order valence-electron chi connectivity index (χ0n) is 15.9. The van der Waals surface area contributed by atoms with E-state index in [4.69, 9.17) is 9.84 Å². The van der Waals surface area contributed by atoms with Gasteiger partial charge >= 0.3 is 5.97 Å². The van der Waals surface area contributed by atoms with Gasteiger partial charge in [-0.1, -0.05) is 42.5 Å². The number of carboxylic acids is 1. The summed E-state index contributed by atoms with van der Waals surface area (Å²) in [6, 6.07) is 22.7. The van der Waals surface area contributed by atoms with Crippen molar-refractivity contribution in [2.45, 2.75) is 6.92 Å². The molecule has 0 aromatic heterocycles. The van der Waals surface area contributed by atoms with Crippen LogP contribution in [0.15, 0.2) is 72.8 Å². The highest BCUT2D eigenvalue weighted by molar-refractivity contribution is 5.88. The van der Waals surface area contributed by atoms with Crippen molar-refractivity contribution in [3.8, 4) is 16.9 Å². The SMILES string of the molecule is CNc1cccc(C(=O)O)c1.Cc1ccccc1-c1ccc(OCC=O)cc1. The third-order valence-corrected chi connectivity index (χ3v) is 4.03. The summed E-state index contributed by atoms with van der Waals surface area (Å²) in [4.78, 5) is 20.6. The number of carbonyl (C=O) groups is 2. The van der Waals surface area contributed by atoms with Crippen LogP contribution in [0.4, 0.5) is 5.69 Å². The first-order valence-corrected chi connectivity index (χ1v) is 8.78. The second-order valence-corrected chi connectivity index (χ2v) is 5.95. The van der Waals surface area contributed by atoms with Crippen molar-refractivity contribution >= 4 is 17.9 Å². The maximum absolute atomic E-state index is 10.4. The number of aryl methyl sites for hydroxylation is 1. The summed E-state index contributed by atoms with van der Waals surface area (Å²) in [7, 11) is 1.75. The van der Waals surface area contributed by atoms with Gasteiger partial charge in [0.2, 0.25) is 0 Å². The van der Waals surface area contributed by atoms with Crippen molar-refractivity contribution < 1.29 is 19.4 Å². The lowest BCUT2D eigenvalue weighted by Crippen LogP contribution is -1.97. The lowest BCUT2D eigenvalue weighted by atomic mass is 10.0. The van der Waals surface area contributed by atoms with Crippen LogP contribution in [0.3, 0.4) is 0 Å². The van der Waals surface area contributed by atoms with E-state index in [0.29, 0.717) is 5.56 Å². The molecule has 0 saturated carbocycles. The Morgan fingerprint density at radius 3 is 2.36 bits per heavy atom. The second-order valence-electron chi connectivity index (χ2n) is 5.95. The molecule has 3 rings (SSSR count). The number of ether oxygens (including phenoxy) is 1. The second kappa shape index (κ2) is 10.5. The Morgan fingerprint density at radius 1 is 1.04 bits per heavy atom. The minimum Gasteiger partial charge on any atom is -0.486 e. The molecule has 0 atom stereocenters. The van der Waals surface area contributed by atoms with E-state index >= 15 is 0 Å². The molecule has 144 valence electrons. The standard InChI is InChI=1S/C15H14O2.C8H9NO2/c1-12-4-2-3-5-15(12)13-6-8-14(9-7-13)17-11-10-16;1-9-7-4-2-3-6(5-7)8(10)11/h2-10H,11H2,1H3;2-5,9H,1H3,(H,10,11). The van der Waals surface area contributed by atoms with Crippen molar-refractivity contribution in [1.29, 1.82) is 0 Å². The number of nitrogens with one attached hydrogen (secondary N) is 1. The van der Waals surface area contributed by atoms with Gasteiger partial charge in [0.05, 0.1) is 5.56 Å². The number of aromatic carboxylic acids is 1. The molecule has 0 unspecified atom stereocenters. The number of benzene rings is 3. The molecule has 0 saturated heterocycles. The maximum Gasteiger partial charge on any atom is 0.335 e. The molecule has 3 aromatic carbocycles. The summed E-state index contributed by atoms with van der Waals surface area (Å²) >= 11 is 0. The van der Waals surface area contributed by atoms with Gasteiger partial charge in [0.25, 0.3) is 0 Å². The largest absolute Gasteiger partial charge is 0.486 e. The Balaban J connectivity index is 0.000000221. The molecule has 0 spiro atoms. The van der Waals surface area contributed by atoms with Gasteiger partial charge < -0.3 is 15.2 Å². The summed E-state index contributed by atoms with van der Waals surface area (Å²) in [5.41, 5.74) is 4.73. The van der Waals surface area contributed by atoms with Gasteiger partial charge in [0, 0.05) is 12.7 Å². The lowest BCUT2D eigenvalue weighted by Gasteiger charge is -2.07. The van der Waals surface area contributed by atoms with Crippen molar-refractivity contribution in [3.63, 3.8) is 0 Å². The van der Waals surface area contributed by atoms with E-state index in [0.717, 1.165) is 23.3 Å².